The van der Waals surface area contributed by atoms with E-state index in [2.05, 4.69) is 142 Å². The lowest BCUT2D eigenvalue weighted by Crippen LogP contribution is -2.08. The van der Waals surface area contributed by atoms with Gasteiger partial charge in [-0.05, 0) is 123 Å². The first-order valence-corrected chi connectivity index (χ1v) is 18.4. The molecule has 1 N–H and O–H groups in total. The second kappa shape index (κ2) is 13.9. The van der Waals surface area contributed by atoms with Gasteiger partial charge in [-0.3, -0.25) is 15.0 Å². The molecule has 0 amide bonds. The van der Waals surface area contributed by atoms with Crippen LogP contribution < -0.4 is 5.32 Å². The number of allylic oxidation sites excluding steroid dienone is 2. The normalized spacial score (nSPS) is 12.5. The fourth-order valence-corrected chi connectivity index (χ4v) is 7.57. The first kappa shape index (κ1) is 32.3. The summed E-state index contributed by atoms with van der Waals surface area (Å²) in [5, 5.41) is 5.46. The van der Waals surface area contributed by atoms with Gasteiger partial charge in [-0.15, -0.1) is 0 Å². The number of hydrogen-bond acceptors (Lipinski definition) is 5. The number of nitrogens with one attached hydrogen (secondary N) is 1. The van der Waals surface area contributed by atoms with E-state index in [4.69, 9.17) is 4.42 Å². The standard InChI is InChI=1S/C50H34N4O/c1-2-13-49-47(10-1)48-12-5-11-46(50(48)55-49)41-25-39(35-6-3-8-37(22-35)44-27-42(29-53-31-44)33-14-18-51-19-15-33)24-40(26-41)36-7-4-9-38(23-36)45-28-43(30-54-32-45)34-16-20-52-21-17-34/h1-20,22-32,52H,21H2. The molecular formula is C50H34N4O. The van der Waals surface area contributed by atoms with Crippen molar-refractivity contribution >= 4 is 27.5 Å². The van der Waals surface area contributed by atoms with Crippen molar-refractivity contribution in [1.82, 2.24) is 20.3 Å². The van der Waals surface area contributed by atoms with Gasteiger partial charge in [0.25, 0.3) is 0 Å². The van der Waals surface area contributed by atoms with Crippen LogP contribution in [0.5, 0.6) is 0 Å². The van der Waals surface area contributed by atoms with Crippen LogP contribution in [0.25, 0.3) is 94.3 Å². The fraction of sp³-hybridized carbons (Fsp3) is 0.0200. The van der Waals surface area contributed by atoms with Crippen LogP contribution in [0, 0.1) is 0 Å². The van der Waals surface area contributed by atoms with Gasteiger partial charge in [-0.2, -0.15) is 0 Å². The molecule has 1 aliphatic heterocycles. The van der Waals surface area contributed by atoms with Crippen LogP contribution in [0.2, 0.25) is 0 Å². The van der Waals surface area contributed by atoms with Crippen LogP contribution in [0.3, 0.4) is 0 Å². The number of furan rings is 1. The van der Waals surface area contributed by atoms with Crippen LogP contribution in [-0.2, 0) is 0 Å². The third-order valence-corrected chi connectivity index (χ3v) is 10.4. The molecule has 0 saturated carbocycles. The molecule has 9 aromatic rings. The van der Waals surface area contributed by atoms with Gasteiger partial charge in [0.1, 0.15) is 11.2 Å². The van der Waals surface area contributed by atoms with Crippen LogP contribution >= 0.6 is 0 Å². The van der Waals surface area contributed by atoms with Crippen LogP contribution in [0.15, 0.2) is 193 Å². The Hall–Kier alpha value is -7.37. The van der Waals surface area contributed by atoms with Gasteiger partial charge < -0.3 is 9.73 Å². The Morgan fingerprint density at radius 3 is 1.67 bits per heavy atom. The summed E-state index contributed by atoms with van der Waals surface area (Å²) in [5.74, 6) is 0. The molecule has 1 aliphatic rings. The summed E-state index contributed by atoms with van der Waals surface area (Å²) >= 11 is 0. The maximum absolute atomic E-state index is 6.56. The molecule has 5 heterocycles. The minimum Gasteiger partial charge on any atom is -0.455 e. The first-order valence-electron chi connectivity index (χ1n) is 18.4. The van der Waals surface area contributed by atoms with Crippen LogP contribution in [0.4, 0.5) is 0 Å². The molecule has 0 unspecified atom stereocenters. The lowest BCUT2D eigenvalue weighted by molar-refractivity contribution is 0.670. The average Bonchev–Trinajstić information content (AvgIpc) is 3.66. The zero-order chi connectivity index (χ0) is 36.6. The van der Waals surface area contributed by atoms with E-state index in [9.17, 15) is 0 Å². The first-order chi connectivity index (χ1) is 27.2. The third-order valence-electron chi connectivity index (χ3n) is 10.4. The number of nitrogens with zero attached hydrogens (tertiary/aromatic N) is 3. The molecule has 0 fully saturated rings. The van der Waals surface area contributed by atoms with Crippen LogP contribution in [-0.4, -0.2) is 21.5 Å². The molecule has 55 heavy (non-hydrogen) atoms. The van der Waals surface area contributed by atoms with Crippen molar-refractivity contribution in [3.05, 3.63) is 195 Å². The van der Waals surface area contributed by atoms with Gasteiger partial charge in [0.15, 0.2) is 0 Å². The average molecular weight is 707 g/mol. The SMILES string of the molecule is C1=CC(c2cncc(-c3cccc(-c4cc(-c5cccc(-c6cncc(-c7ccncc7)c6)c5)cc(-c5cccc6c5oc5ccccc56)c4)c3)c2)=CCN1. The molecule has 0 saturated heterocycles. The predicted octanol–water partition coefficient (Wildman–Crippen LogP) is 12.3. The Morgan fingerprint density at radius 1 is 0.436 bits per heavy atom. The van der Waals surface area contributed by atoms with Gasteiger partial charge >= 0.3 is 0 Å². The highest BCUT2D eigenvalue weighted by atomic mass is 16.3. The summed E-state index contributed by atoms with van der Waals surface area (Å²) in [5.41, 5.74) is 17.1. The number of pyridine rings is 3. The molecule has 5 nitrogen and oxygen atoms in total. The number of rotatable bonds is 7. The predicted molar refractivity (Wildman–Crippen MR) is 225 cm³/mol. The van der Waals surface area contributed by atoms with Crippen molar-refractivity contribution in [2.24, 2.45) is 0 Å². The molecule has 5 aromatic carbocycles. The van der Waals surface area contributed by atoms with Crippen molar-refractivity contribution < 1.29 is 4.42 Å². The molecule has 0 atom stereocenters. The highest BCUT2D eigenvalue weighted by Gasteiger charge is 2.16. The zero-order valence-electron chi connectivity index (χ0n) is 29.9. The lowest BCUT2D eigenvalue weighted by atomic mass is 9.90. The second-order valence-electron chi connectivity index (χ2n) is 13.8. The third kappa shape index (κ3) is 6.28. The van der Waals surface area contributed by atoms with Gasteiger partial charge in [0.05, 0.1) is 0 Å². The molecule has 0 aliphatic carbocycles. The van der Waals surface area contributed by atoms with E-state index >= 15 is 0 Å². The van der Waals surface area contributed by atoms with E-state index in [1.165, 1.54) is 5.57 Å². The van der Waals surface area contributed by atoms with Crippen molar-refractivity contribution in [3.63, 3.8) is 0 Å². The van der Waals surface area contributed by atoms with Crippen molar-refractivity contribution in [2.75, 3.05) is 6.54 Å². The van der Waals surface area contributed by atoms with Crippen molar-refractivity contribution in [2.45, 2.75) is 0 Å². The Bertz CT molecular complexity index is 2940. The van der Waals surface area contributed by atoms with E-state index in [1.54, 1.807) is 0 Å². The molecule has 5 heteroatoms. The summed E-state index contributed by atoms with van der Waals surface area (Å²) in [7, 11) is 0. The molecule has 10 rings (SSSR count). The second-order valence-corrected chi connectivity index (χ2v) is 13.8. The zero-order valence-corrected chi connectivity index (χ0v) is 29.9. The maximum Gasteiger partial charge on any atom is 0.143 e. The molecule has 0 bridgehead atoms. The highest BCUT2D eigenvalue weighted by molar-refractivity contribution is 6.10. The van der Waals surface area contributed by atoms with E-state index < -0.39 is 0 Å². The number of aromatic nitrogens is 3. The number of hydrogen-bond donors (Lipinski definition) is 1. The van der Waals surface area contributed by atoms with E-state index in [-0.39, 0.29) is 0 Å². The van der Waals surface area contributed by atoms with Crippen LogP contribution in [0.1, 0.15) is 5.56 Å². The Labute approximate surface area is 319 Å². The Balaban J connectivity index is 1.11. The largest absolute Gasteiger partial charge is 0.455 e. The van der Waals surface area contributed by atoms with E-state index in [0.29, 0.717) is 0 Å². The summed E-state index contributed by atoms with van der Waals surface area (Å²) in [6, 6.07) is 47.5. The topological polar surface area (TPSA) is 63.8 Å². The molecule has 0 radical (unpaired) electrons. The quantitative estimate of drug-likeness (QED) is 0.179. The summed E-state index contributed by atoms with van der Waals surface area (Å²) in [6.45, 7) is 0.809. The summed E-state index contributed by atoms with van der Waals surface area (Å²) in [6.07, 6.45) is 17.6. The molecule has 0 spiro atoms. The molecule has 4 aromatic heterocycles. The number of dihydropyridines is 1. The summed E-state index contributed by atoms with van der Waals surface area (Å²) in [4.78, 5) is 13.4. The van der Waals surface area contributed by atoms with Gasteiger partial charge in [-0.1, -0.05) is 78.9 Å². The van der Waals surface area contributed by atoms with Gasteiger partial charge in [-0.25, -0.2) is 0 Å². The van der Waals surface area contributed by atoms with Crippen molar-refractivity contribution in [3.8, 4) is 66.8 Å². The number of fused-ring (bicyclic) bond motifs is 3. The smallest absolute Gasteiger partial charge is 0.143 e. The van der Waals surface area contributed by atoms with E-state index in [1.807, 2.05) is 67.6 Å². The highest BCUT2D eigenvalue weighted by Crippen LogP contribution is 2.40. The maximum atomic E-state index is 6.56. The minimum absolute atomic E-state index is 0.809. The number of para-hydroxylation sites is 2. The Kier molecular flexibility index (Phi) is 8.15. The summed E-state index contributed by atoms with van der Waals surface area (Å²) < 4.78 is 6.56. The van der Waals surface area contributed by atoms with E-state index in [0.717, 1.165) is 101 Å². The Morgan fingerprint density at radius 2 is 0.982 bits per heavy atom. The fourth-order valence-electron chi connectivity index (χ4n) is 7.57. The minimum atomic E-state index is 0.809. The number of benzene rings is 5. The molecular weight excluding hydrogens is 673 g/mol. The van der Waals surface area contributed by atoms with Crippen molar-refractivity contribution in [1.29, 1.82) is 0 Å². The monoisotopic (exact) mass is 706 g/mol. The molecule has 260 valence electrons. The van der Waals surface area contributed by atoms with Gasteiger partial charge in [0, 0.05) is 82.3 Å². The van der Waals surface area contributed by atoms with Gasteiger partial charge in [0.2, 0.25) is 0 Å². The lowest BCUT2D eigenvalue weighted by Gasteiger charge is -2.14.